The zero-order chi connectivity index (χ0) is 18.7. The van der Waals surface area contributed by atoms with E-state index in [0.717, 1.165) is 10.0 Å². The van der Waals surface area contributed by atoms with E-state index in [1.54, 1.807) is 28.9 Å². The van der Waals surface area contributed by atoms with E-state index in [2.05, 4.69) is 15.9 Å². The summed E-state index contributed by atoms with van der Waals surface area (Å²) in [6.07, 6.45) is 0.885. The second-order valence-corrected chi connectivity index (χ2v) is 7.14. The number of hydrogen-bond donors (Lipinski definition) is 0. The van der Waals surface area contributed by atoms with Crippen LogP contribution >= 0.6 is 15.9 Å². The van der Waals surface area contributed by atoms with Crippen LogP contribution < -0.4 is 4.74 Å². The number of furan rings is 1. The number of ether oxygens (including phenoxy) is 1. The summed E-state index contributed by atoms with van der Waals surface area (Å²) < 4.78 is 11.8. The third-order valence-corrected chi connectivity index (χ3v) is 4.97. The molecular formula is C19H21BrN2O4. The van der Waals surface area contributed by atoms with Gasteiger partial charge in [-0.2, -0.15) is 0 Å². The molecule has 138 valence electrons. The van der Waals surface area contributed by atoms with E-state index in [0.29, 0.717) is 37.7 Å². The van der Waals surface area contributed by atoms with Gasteiger partial charge in [-0.1, -0.05) is 6.07 Å². The highest BCUT2D eigenvalue weighted by atomic mass is 79.9. The van der Waals surface area contributed by atoms with Crippen molar-refractivity contribution in [2.24, 2.45) is 0 Å². The topological polar surface area (TPSA) is 63.0 Å². The minimum atomic E-state index is -0.596. The molecule has 7 heteroatoms. The van der Waals surface area contributed by atoms with Crippen LogP contribution in [0.3, 0.4) is 0 Å². The minimum Gasteiger partial charge on any atom is -0.480 e. The molecule has 1 aromatic carbocycles. The van der Waals surface area contributed by atoms with Crippen LogP contribution in [0.15, 0.2) is 45.5 Å². The Hall–Kier alpha value is -2.28. The molecule has 0 saturated carbocycles. The summed E-state index contributed by atoms with van der Waals surface area (Å²) in [5.74, 6) is 0.742. The van der Waals surface area contributed by atoms with Crippen LogP contribution in [0.4, 0.5) is 0 Å². The van der Waals surface area contributed by atoms with Gasteiger partial charge < -0.3 is 19.0 Å². The van der Waals surface area contributed by atoms with Crippen molar-refractivity contribution in [3.63, 3.8) is 0 Å². The molecule has 0 radical (unpaired) electrons. The Morgan fingerprint density at radius 2 is 1.85 bits per heavy atom. The molecular weight excluding hydrogens is 400 g/mol. The Bertz CT molecular complexity index is 783. The van der Waals surface area contributed by atoms with Crippen molar-refractivity contribution in [1.29, 1.82) is 0 Å². The number of carbonyl (C=O) groups excluding carboxylic acids is 2. The number of halogens is 1. The number of amides is 2. The van der Waals surface area contributed by atoms with Crippen LogP contribution in [0, 0.1) is 6.92 Å². The third-order valence-electron chi connectivity index (χ3n) is 4.35. The van der Waals surface area contributed by atoms with Crippen molar-refractivity contribution in [1.82, 2.24) is 9.80 Å². The molecule has 1 unspecified atom stereocenters. The van der Waals surface area contributed by atoms with E-state index in [-0.39, 0.29) is 11.8 Å². The summed E-state index contributed by atoms with van der Waals surface area (Å²) >= 11 is 3.46. The SMILES string of the molecule is Cc1ccc(OC(C)C(=O)N2CCN(C(=O)c3ccco3)CC2)c(Br)c1. The first kappa shape index (κ1) is 18.5. The van der Waals surface area contributed by atoms with Crippen LogP contribution in [0.5, 0.6) is 5.75 Å². The van der Waals surface area contributed by atoms with Crippen molar-refractivity contribution in [3.8, 4) is 5.75 Å². The van der Waals surface area contributed by atoms with Crippen LogP contribution in [0.2, 0.25) is 0 Å². The third kappa shape index (κ3) is 4.09. The molecule has 6 nitrogen and oxygen atoms in total. The Labute approximate surface area is 160 Å². The standard InChI is InChI=1S/C19H21BrN2O4/c1-13-5-6-16(15(20)12-13)26-14(2)18(23)21-7-9-22(10-8-21)19(24)17-4-3-11-25-17/h3-6,11-12,14H,7-10H2,1-2H3. The van der Waals surface area contributed by atoms with Gasteiger partial charge in [-0.15, -0.1) is 0 Å². The fourth-order valence-corrected chi connectivity index (χ4v) is 3.47. The summed E-state index contributed by atoms with van der Waals surface area (Å²) in [7, 11) is 0. The largest absolute Gasteiger partial charge is 0.480 e. The number of nitrogens with zero attached hydrogens (tertiary/aromatic N) is 2. The molecule has 3 rings (SSSR count). The van der Waals surface area contributed by atoms with Crippen LogP contribution in [0.25, 0.3) is 0 Å². The zero-order valence-electron chi connectivity index (χ0n) is 14.8. The van der Waals surface area contributed by atoms with Gasteiger partial charge in [0.25, 0.3) is 11.8 Å². The van der Waals surface area contributed by atoms with Crippen LogP contribution in [-0.4, -0.2) is 53.9 Å². The maximum Gasteiger partial charge on any atom is 0.289 e. The first-order chi connectivity index (χ1) is 12.5. The van der Waals surface area contributed by atoms with Gasteiger partial charge in [0.15, 0.2) is 11.9 Å². The lowest BCUT2D eigenvalue weighted by molar-refractivity contribution is -0.139. The van der Waals surface area contributed by atoms with Gasteiger partial charge in [-0.25, -0.2) is 0 Å². The number of benzene rings is 1. The second kappa shape index (κ2) is 7.95. The van der Waals surface area contributed by atoms with Gasteiger partial charge in [-0.3, -0.25) is 9.59 Å². The molecule has 2 heterocycles. The molecule has 0 aliphatic carbocycles. The Kier molecular flexibility index (Phi) is 5.66. The highest BCUT2D eigenvalue weighted by molar-refractivity contribution is 9.10. The summed E-state index contributed by atoms with van der Waals surface area (Å²) in [6, 6.07) is 9.08. The zero-order valence-corrected chi connectivity index (χ0v) is 16.4. The highest BCUT2D eigenvalue weighted by Gasteiger charge is 2.29. The van der Waals surface area contributed by atoms with E-state index in [1.807, 2.05) is 25.1 Å². The average Bonchev–Trinajstić information content (AvgIpc) is 3.17. The first-order valence-electron chi connectivity index (χ1n) is 8.50. The number of carbonyl (C=O) groups is 2. The van der Waals surface area contributed by atoms with Crippen LogP contribution in [-0.2, 0) is 4.79 Å². The molecule has 1 saturated heterocycles. The molecule has 1 atom stereocenters. The van der Waals surface area contributed by atoms with Gasteiger partial charge in [0, 0.05) is 26.2 Å². The van der Waals surface area contributed by atoms with Crippen molar-refractivity contribution in [2.75, 3.05) is 26.2 Å². The van der Waals surface area contributed by atoms with Gasteiger partial charge in [0.2, 0.25) is 0 Å². The maximum absolute atomic E-state index is 12.6. The monoisotopic (exact) mass is 420 g/mol. The number of hydrogen-bond acceptors (Lipinski definition) is 4. The fraction of sp³-hybridized carbons (Fsp3) is 0.368. The normalized spacial score (nSPS) is 15.7. The molecule has 0 spiro atoms. The first-order valence-corrected chi connectivity index (χ1v) is 9.29. The molecule has 1 aliphatic rings. The van der Waals surface area contributed by atoms with E-state index in [9.17, 15) is 9.59 Å². The lowest BCUT2D eigenvalue weighted by Gasteiger charge is -2.35. The number of rotatable bonds is 4. The summed E-state index contributed by atoms with van der Waals surface area (Å²) in [6.45, 7) is 5.65. The molecule has 2 aromatic rings. The molecule has 1 aromatic heterocycles. The summed E-state index contributed by atoms with van der Waals surface area (Å²) in [4.78, 5) is 28.4. The van der Waals surface area contributed by atoms with Gasteiger partial charge in [0.1, 0.15) is 5.75 Å². The lowest BCUT2D eigenvalue weighted by Crippen LogP contribution is -2.53. The molecule has 26 heavy (non-hydrogen) atoms. The molecule has 1 fully saturated rings. The Balaban J connectivity index is 1.55. The highest BCUT2D eigenvalue weighted by Crippen LogP contribution is 2.27. The quantitative estimate of drug-likeness (QED) is 0.761. The predicted octanol–water partition coefficient (Wildman–Crippen LogP) is 3.10. The molecule has 1 aliphatic heterocycles. The summed E-state index contributed by atoms with van der Waals surface area (Å²) in [5, 5.41) is 0. The summed E-state index contributed by atoms with van der Waals surface area (Å²) in [5.41, 5.74) is 1.11. The van der Waals surface area contributed by atoms with E-state index < -0.39 is 6.10 Å². The average molecular weight is 421 g/mol. The van der Waals surface area contributed by atoms with Gasteiger partial charge in [-0.05, 0) is 59.6 Å². The predicted molar refractivity (Wildman–Crippen MR) is 100 cm³/mol. The van der Waals surface area contributed by atoms with E-state index in [1.165, 1.54) is 6.26 Å². The van der Waals surface area contributed by atoms with E-state index >= 15 is 0 Å². The van der Waals surface area contributed by atoms with Crippen molar-refractivity contribution < 1.29 is 18.7 Å². The molecule has 0 N–H and O–H groups in total. The number of aryl methyl sites for hydroxylation is 1. The van der Waals surface area contributed by atoms with Crippen molar-refractivity contribution in [3.05, 3.63) is 52.4 Å². The van der Waals surface area contributed by atoms with Crippen molar-refractivity contribution >= 4 is 27.7 Å². The molecule has 2 amide bonds. The molecule has 0 bridgehead atoms. The van der Waals surface area contributed by atoms with E-state index in [4.69, 9.17) is 9.15 Å². The Morgan fingerprint density at radius 1 is 1.15 bits per heavy atom. The maximum atomic E-state index is 12.6. The lowest BCUT2D eigenvalue weighted by atomic mass is 10.2. The minimum absolute atomic E-state index is 0.0810. The van der Waals surface area contributed by atoms with Gasteiger partial charge >= 0.3 is 0 Å². The van der Waals surface area contributed by atoms with Crippen LogP contribution in [0.1, 0.15) is 23.0 Å². The van der Waals surface area contributed by atoms with Gasteiger partial charge in [0.05, 0.1) is 10.7 Å². The second-order valence-electron chi connectivity index (χ2n) is 6.29. The fourth-order valence-electron chi connectivity index (χ4n) is 2.89. The van der Waals surface area contributed by atoms with Crippen molar-refractivity contribution in [2.45, 2.75) is 20.0 Å². The smallest absolute Gasteiger partial charge is 0.289 e. The Morgan fingerprint density at radius 3 is 2.46 bits per heavy atom. The number of piperazine rings is 1.